The monoisotopic (exact) mass is 300 g/mol. The summed E-state index contributed by atoms with van der Waals surface area (Å²) < 4.78 is 46.8. The minimum Gasteiger partial charge on any atom is -0.233 e. The normalized spacial score (nSPS) is 12.1. The largest absolute Gasteiger partial charge is 0.280 e. The number of primary sulfonamides is 1. The molecule has 0 aliphatic rings. The van der Waals surface area contributed by atoms with E-state index in [1.807, 2.05) is 0 Å². The number of aryl methyl sites for hydroxylation is 1. The van der Waals surface area contributed by atoms with Crippen molar-refractivity contribution in [3.8, 4) is 0 Å². The summed E-state index contributed by atoms with van der Waals surface area (Å²) in [5.41, 5.74) is -0.274. The lowest BCUT2D eigenvalue weighted by atomic mass is 10.2. The van der Waals surface area contributed by atoms with Crippen LogP contribution in [0.15, 0.2) is 15.6 Å². The highest BCUT2D eigenvalue weighted by molar-refractivity contribution is 9.10. The Morgan fingerprint density at radius 2 is 2.07 bits per heavy atom. The third kappa shape index (κ3) is 2.70. The molecule has 2 N–H and O–H groups in total. The molecule has 1 heterocycles. The minimum absolute atomic E-state index is 0.106. The summed E-state index contributed by atoms with van der Waals surface area (Å²) in [7, 11) is -4.10. The molecule has 84 valence electrons. The molecule has 0 atom stereocenters. The predicted molar refractivity (Wildman–Crippen MR) is 53.0 cm³/mol. The zero-order valence-corrected chi connectivity index (χ0v) is 9.94. The summed E-state index contributed by atoms with van der Waals surface area (Å²) in [6, 6.07) is 1.10. The van der Waals surface area contributed by atoms with Crippen LogP contribution in [0.4, 0.5) is 8.78 Å². The van der Waals surface area contributed by atoms with Crippen molar-refractivity contribution in [3.63, 3.8) is 0 Å². The second-order valence-electron chi connectivity index (χ2n) is 2.83. The molecule has 0 aliphatic heterocycles. The van der Waals surface area contributed by atoms with Crippen LogP contribution in [0.2, 0.25) is 0 Å². The maximum atomic E-state index is 12.3. The number of nitrogens with zero attached hydrogens (tertiary/aromatic N) is 1. The van der Waals surface area contributed by atoms with Crippen molar-refractivity contribution in [3.05, 3.63) is 21.8 Å². The zero-order chi connectivity index (χ0) is 11.8. The van der Waals surface area contributed by atoms with E-state index in [4.69, 9.17) is 5.14 Å². The summed E-state index contributed by atoms with van der Waals surface area (Å²) in [6.07, 6.45) is -2.84. The van der Waals surface area contributed by atoms with Crippen LogP contribution in [0.25, 0.3) is 0 Å². The maximum absolute atomic E-state index is 12.3. The van der Waals surface area contributed by atoms with Gasteiger partial charge in [-0.15, -0.1) is 0 Å². The number of nitrogens with two attached hydrogens (primary N) is 1. The SMILES string of the molecule is Cc1cc(C(F)F)nc(S(N)(=O)=O)c1Br. The number of aromatic nitrogens is 1. The van der Waals surface area contributed by atoms with Crippen LogP contribution in [0.1, 0.15) is 17.7 Å². The highest BCUT2D eigenvalue weighted by Crippen LogP contribution is 2.27. The van der Waals surface area contributed by atoms with Crippen LogP contribution in [0, 0.1) is 6.92 Å². The Morgan fingerprint density at radius 3 is 2.47 bits per heavy atom. The average molecular weight is 301 g/mol. The van der Waals surface area contributed by atoms with Crippen molar-refractivity contribution in [1.82, 2.24) is 4.98 Å². The van der Waals surface area contributed by atoms with E-state index in [1.54, 1.807) is 0 Å². The number of alkyl halides is 2. The first kappa shape index (κ1) is 12.5. The van der Waals surface area contributed by atoms with Crippen LogP contribution < -0.4 is 5.14 Å². The molecule has 1 aromatic rings. The molecule has 8 heteroatoms. The molecule has 0 spiro atoms. The van der Waals surface area contributed by atoms with Gasteiger partial charge in [-0.05, 0) is 34.5 Å². The third-order valence-electron chi connectivity index (χ3n) is 1.62. The summed E-state index contributed by atoms with van der Waals surface area (Å²) >= 11 is 2.93. The summed E-state index contributed by atoms with van der Waals surface area (Å²) in [5, 5.41) is 4.26. The van der Waals surface area contributed by atoms with E-state index >= 15 is 0 Å². The fourth-order valence-electron chi connectivity index (χ4n) is 0.953. The Morgan fingerprint density at radius 1 is 1.53 bits per heavy atom. The Bertz CT molecular complexity index is 490. The summed E-state index contributed by atoms with van der Waals surface area (Å²) in [4.78, 5) is 3.29. The Kier molecular flexibility index (Phi) is 3.41. The molecule has 1 rings (SSSR count). The van der Waals surface area contributed by atoms with Gasteiger partial charge in [0.2, 0.25) is 0 Å². The van der Waals surface area contributed by atoms with Crippen molar-refractivity contribution >= 4 is 26.0 Å². The van der Waals surface area contributed by atoms with E-state index in [2.05, 4.69) is 20.9 Å². The molecule has 4 nitrogen and oxygen atoms in total. The molecule has 0 fully saturated rings. The van der Waals surface area contributed by atoms with Gasteiger partial charge in [-0.25, -0.2) is 27.3 Å². The first-order valence-corrected chi connectivity index (χ1v) is 6.05. The van der Waals surface area contributed by atoms with Gasteiger partial charge in [0, 0.05) is 0 Å². The highest BCUT2D eigenvalue weighted by atomic mass is 79.9. The predicted octanol–water partition coefficient (Wildman–Crippen LogP) is 1.74. The molecule has 0 radical (unpaired) electrons. The lowest BCUT2D eigenvalue weighted by molar-refractivity contribution is 0.145. The van der Waals surface area contributed by atoms with Gasteiger partial charge < -0.3 is 0 Å². The second kappa shape index (κ2) is 4.11. The molecule has 0 saturated heterocycles. The number of hydrogen-bond acceptors (Lipinski definition) is 3. The smallest absolute Gasteiger partial charge is 0.233 e. The molecule has 0 aliphatic carbocycles. The number of sulfonamides is 1. The number of rotatable bonds is 2. The third-order valence-corrected chi connectivity index (χ3v) is 3.72. The molecular weight excluding hydrogens is 294 g/mol. The van der Waals surface area contributed by atoms with E-state index in [1.165, 1.54) is 6.92 Å². The fraction of sp³-hybridized carbons (Fsp3) is 0.286. The molecule has 1 aromatic heterocycles. The van der Waals surface area contributed by atoms with Crippen molar-refractivity contribution in [1.29, 1.82) is 0 Å². The highest BCUT2D eigenvalue weighted by Gasteiger charge is 2.20. The first-order valence-electron chi connectivity index (χ1n) is 3.71. The van der Waals surface area contributed by atoms with Crippen molar-refractivity contribution in [2.24, 2.45) is 5.14 Å². The van der Waals surface area contributed by atoms with Crippen molar-refractivity contribution in [2.75, 3.05) is 0 Å². The summed E-state index contributed by atoms with van der Waals surface area (Å²) in [6.45, 7) is 1.48. The van der Waals surface area contributed by atoms with Crippen LogP contribution in [-0.4, -0.2) is 13.4 Å². The van der Waals surface area contributed by atoms with Crippen LogP contribution in [-0.2, 0) is 10.0 Å². The fourth-order valence-corrected chi connectivity index (χ4v) is 2.48. The average Bonchev–Trinajstić information content (AvgIpc) is 2.06. The zero-order valence-electron chi connectivity index (χ0n) is 7.54. The second-order valence-corrected chi connectivity index (χ2v) is 5.10. The quantitative estimate of drug-likeness (QED) is 0.904. The van der Waals surface area contributed by atoms with Gasteiger partial charge in [0.25, 0.3) is 16.4 Å². The maximum Gasteiger partial charge on any atom is 0.280 e. The standard InChI is InChI=1S/C7H7BrF2N2O2S/c1-3-2-4(6(9)10)12-7(5(3)8)15(11,13)14/h2,6H,1H3,(H2,11,13,14). The van der Waals surface area contributed by atoms with Gasteiger partial charge in [-0.1, -0.05) is 0 Å². The molecular formula is C7H7BrF2N2O2S. The molecule has 0 unspecified atom stereocenters. The van der Waals surface area contributed by atoms with Crippen LogP contribution >= 0.6 is 15.9 Å². The molecule has 15 heavy (non-hydrogen) atoms. The van der Waals surface area contributed by atoms with E-state index in [0.717, 1.165) is 6.07 Å². The van der Waals surface area contributed by atoms with E-state index in [9.17, 15) is 17.2 Å². The lowest BCUT2D eigenvalue weighted by Gasteiger charge is -2.07. The van der Waals surface area contributed by atoms with Crippen molar-refractivity contribution < 1.29 is 17.2 Å². The Hall–Kier alpha value is -0.600. The van der Waals surface area contributed by atoms with Crippen LogP contribution in [0.3, 0.4) is 0 Å². The van der Waals surface area contributed by atoms with Gasteiger partial charge in [-0.2, -0.15) is 0 Å². The van der Waals surface area contributed by atoms with Crippen molar-refractivity contribution in [2.45, 2.75) is 18.4 Å². The van der Waals surface area contributed by atoms with Gasteiger partial charge >= 0.3 is 0 Å². The minimum atomic E-state index is -4.10. The van der Waals surface area contributed by atoms with Gasteiger partial charge in [0.15, 0.2) is 5.03 Å². The Balaban J connectivity index is 3.52. The number of hydrogen-bond donors (Lipinski definition) is 1. The Labute approximate surface area is 93.7 Å². The number of pyridine rings is 1. The van der Waals surface area contributed by atoms with E-state index in [0.29, 0.717) is 5.56 Å². The van der Waals surface area contributed by atoms with Crippen LogP contribution in [0.5, 0.6) is 0 Å². The number of halogens is 3. The van der Waals surface area contributed by atoms with E-state index < -0.39 is 27.2 Å². The molecule has 0 aromatic carbocycles. The molecule has 0 saturated carbocycles. The van der Waals surface area contributed by atoms with Gasteiger partial charge in [0.1, 0.15) is 5.69 Å². The topological polar surface area (TPSA) is 73.0 Å². The molecule has 0 amide bonds. The van der Waals surface area contributed by atoms with E-state index in [-0.39, 0.29) is 4.47 Å². The van der Waals surface area contributed by atoms with Gasteiger partial charge in [-0.3, -0.25) is 0 Å². The van der Waals surface area contributed by atoms with Gasteiger partial charge in [0.05, 0.1) is 4.47 Å². The lowest BCUT2D eigenvalue weighted by Crippen LogP contribution is -2.16. The first-order chi connectivity index (χ1) is 6.73. The molecule has 0 bridgehead atoms. The summed E-state index contributed by atoms with van der Waals surface area (Å²) in [5.74, 6) is 0.